The van der Waals surface area contributed by atoms with Crippen LogP contribution >= 0.6 is 11.3 Å². The number of thiazole rings is 1. The summed E-state index contributed by atoms with van der Waals surface area (Å²) in [5.74, 6) is 0.424. The van der Waals surface area contributed by atoms with E-state index in [-0.39, 0.29) is 11.6 Å². The number of carbonyl (C=O) groups excluding carboxylic acids is 1. The van der Waals surface area contributed by atoms with Gasteiger partial charge < -0.3 is 18.8 Å². The summed E-state index contributed by atoms with van der Waals surface area (Å²) in [6.45, 7) is 18.7. The van der Waals surface area contributed by atoms with E-state index in [2.05, 4.69) is 43.1 Å². The smallest absolute Gasteiger partial charge is 0.528 e. The Morgan fingerprint density at radius 3 is 2.20 bits per heavy atom. The van der Waals surface area contributed by atoms with Crippen molar-refractivity contribution in [3.63, 3.8) is 0 Å². The molecule has 1 aromatic heterocycles. The standard InChI is InChI=1S/C30H29N8OS.CH4O4S/c1-31-28(32-2)26-22-9-7-8-10-23(22)27(39)24(26)19-25-29(37-15-17-38(5,6)18-16-37)33-30(40-25)35-34-20-11-13-21(14-12-20)36(3)4;1-5-6(2,3)4/h7-14,19H,15-18H2,3-6H3;1H3,(H,2,3,4)/q+1;/p-1/b24-19-,35-34?;. The third-order valence-electron chi connectivity index (χ3n) is 7.36. The van der Waals surface area contributed by atoms with E-state index in [9.17, 15) is 17.8 Å². The summed E-state index contributed by atoms with van der Waals surface area (Å²) in [6.07, 6.45) is 1.78. The Hall–Kier alpha value is -4.77. The lowest BCUT2D eigenvalue weighted by Crippen LogP contribution is -2.55. The van der Waals surface area contributed by atoms with Gasteiger partial charge in [0, 0.05) is 30.9 Å². The van der Waals surface area contributed by atoms with Crippen molar-refractivity contribution in [2.24, 2.45) is 10.2 Å². The minimum absolute atomic E-state index is 0.117. The number of azo groups is 1. The quantitative estimate of drug-likeness (QED) is 0.0856. The fraction of sp³-hybridized carbons (Fsp3) is 0.290. The first-order valence-electron chi connectivity index (χ1n) is 13.9. The highest BCUT2D eigenvalue weighted by Gasteiger charge is 2.36. The van der Waals surface area contributed by atoms with Crippen molar-refractivity contribution >= 4 is 61.5 Å². The van der Waals surface area contributed by atoms with Crippen molar-refractivity contribution in [2.75, 3.05) is 71.3 Å². The predicted molar refractivity (Wildman–Crippen MR) is 177 cm³/mol. The fourth-order valence-electron chi connectivity index (χ4n) is 4.76. The maximum atomic E-state index is 13.5. The Morgan fingerprint density at radius 1 is 1.07 bits per heavy atom. The van der Waals surface area contributed by atoms with E-state index in [0.29, 0.717) is 33.1 Å². The van der Waals surface area contributed by atoms with Crippen LogP contribution in [0.5, 0.6) is 0 Å². The van der Waals surface area contributed by atoms with Crippen LogP contribution in [0.1, 0.15) is 20.8 Å². The number of allylic oxidation sites excluding steroid dienone is 2. The number of ketones is 1. The molecule has 0 spiro atoms. The summed E-state index contributed by atoms with van der Waals surface area (Å²) in [6, 6.07) is 14.9. The SMILES string of the molecule is COS(=O)(=O)[O-].[C-]#[N+]C([N+]#[C-])=C1/C(=C/c2sc(N=Nc3ccc(N(C)C)cc3)nc2N2CC[N+](C)(C)CC2)C(=O)c2ccccc21. The lowest BCUT2D eigenvalue weighted by atomic mass is 10.0. The van der Waals surface area contributed by atoms with Gasteiger partial charge in [-0.3, -0.25) is 8.98 Å². The van der Waals surface area contributed by atoms with Crippen LogP contribution in [0.4, 0.5) is 22.3 Å². The number of piperazine rings is 1. The van der Waals surface area contributed by atoms with Crippen molar-refractivity contribution in [2.45, 2.75) is 0 Å². The summed E-state index contributed by atoms with van der Waals surface area (Å²) in [4.78, 5) is 30.3. The van der Waals surface area contributed by atoms with Crippen LogP contribution in [-0.2, 0) is 14.6 Å². The van der Waals surface area contributed by atoms with Gasteiger partial charge in [0.15, 0.2) is 5.78 Å². The molecule has 1 aliphatic carbocycles. The molecule has 0 bridgehead atoms. The van der Waals surface area contributed by atoms with Gasteiger partial charge >= 0.3 is 5.82 Å². The van der Waals surface area contributed by atoms with E-state index in [0.717, 1.165) is 54.2 Å². The topological polar surface area (TPSA) is 136 Å². The van der Waals surface area contributed by atoms with Crippen molar-refractivity contribution in [3.8, 4) is 0 Å². The number of fused-ring (bicyclic) bond motifs is 1. The zero-order valence-corrected chi connectivity index (χ0v) is 27.6. The number of hydrogen-bond donors (Lipinski definition) is 0. The molecule has 13 nitrogen and oxygen atoms in total. The second-order valence-electron chi connectivity index (χ2n) is 11.1. The Bertz CT molecular complexity index is 1890. The van der Waals surface area contributed by atoms with Gasteiger partial charge in [0.1, 0.15) is 19.0 Å². The van der Waals surface area contributed by atoms with Gasteiger partial charge in [-0.2, -0.15) is 14.7 Å². The molecule has 5 rings (SSSR count). The van der Waals surface area contributed by atoms with Gasteiger partial charge in [-0.1, -0.05) is 35.6 Å². The molecule has 0 N–H and O–H groups in total. The number of carbonyl (C=O) groups is 1. The molecular weight excluding hydrogens is 629 g/mol. The largest absolute Gasteiger partial charge is 0.726 e. The van der Waals surface area contributed by atoms with Crippen LogP contribution in [0.2, 0.25) is 0 Å². The number of anilines is 2. The van der Waals surface area contributed by atoms with E-state index in [1.165, 1.54) is 11.3 Å². The monoisotopic (exact) mass is 660 g/mol. The minimum Gasteiger partial charge on any atom is -0.726 e. The van der Waals surface area contributed by atoms with Crippen LogP contribution in [-0.4, -0.2) is 89.7 Å². The second kappa shape index (κ2) is 14.1. The lowest BCUT2D eigenvalue weighted by molar-refractivity contribution is -0.890. The number of benzene rings is 2. The van der Waals surface area contributed by atoms with E-state index in [1.807, 2.05) is 49.3 Å². The maximum Gasteiger partial charge on any atom is 0.528 e. The molecule has 0 atom stereocenters. The molecule has 2 heterocycles. The zero-order chi connectivity index (χ0) is 33.6. The molecule has 238 valence electrons. The van der Waals surface area contributed by atoms with Crippen molar-refractivity contribution in [1.82, 2.24) is 4.98 Å². The lowest BCUT2D eigenvalue weighted by Gasteiger charge is -2.39. The first-order valence-corrected chi connectivity index (χ1v) is 16.1. The summed E-state index contributed by atoms with van der Waals surface area (Å²) in [5.41, 5.74) is 3.61. The van der Waals surface area contributed by atoms with Crippen LogP contribution < -0.4 is 9.80 Å². The molecule has 0 saturated carbocycles. The number of likely N-dealkylation sites (N-methyl/N-ethyl adjacent to an activating group) is 1. The summed E-state index contributed by atoms with van der Waals surface area (Å²) in [5, 5.41) is 9.32. The van der Waals surface area contributed by atoms with Gasteiger partial charge in [-0.05, 0) is 35.9 Å². The summed E-state index contributed by atoms with van der Waals surface area (Å²) in [7, 11) is 4.79. The Balaban J connectivity index is 0.000000731. The van der Waals surface area contributed by atoms with E-state index in [1.54, 1.807) is 24.3 Å². The van der Waals surface area contributed by atoms with E-state index in [4.69, 9.17) is 18.1 Å². The first kappa shape index (κ1) is 34.1. The number of aromatic nitrogens is 1. The summed E-state index contributed by atoms with van der Waals surface area (Å²) < 4.78 is 31.9. The fourth-order valence-corrected chi connectivity index (χ4v) is 5.61. The van der Waals surface area contributed by atoms with Gasteiger partial charge in [0.2, 0.25) is 15.5 Å². The molecule has 2 aromatic carbocycles. The minimum atomic E-state index is -4.41. The van der Waals surface area contributed by atoms with Crippen LogP contribution in [0.25, 0.3) is 21.3 Å². The Morgan fingerprint density at radius 2 is 1.65 bits per heavy atom. The third kappa shape index (κ3) is 8.08. The molecule has 46 heavy (non-hydrogen) atoms. The van der Waals surface area contributed by atoms with Gasteiger partial charge in [0.05, 0.1) is 63.5 Å². The Labute approximate surface area is 272 Å². The Kier molecular flexibility index (Phi) is 10.5. The molecule has 3 aromatic rings. The molecular formula is C31H32N8O5S2. The van der Waals surface area contributed by atoms with Crippen LogP contribution in [0.3, 0.4) is 0 Å². The molecule has 2 aliphatic rings. The molecule has 1 fully saturated rings. The maximum absolute atomic E-state index is 13.5. The molecule has 15 heteroatoms. The highest BCUT2D eigenvalue weighted by Crippen LogP contribution is 2.43. The molecule has 1 saturated heterocycles. The van der Waals surface area contributed by atoms with Gasteiger partial charge in [-0.15, -0.1) is 10.2 Å². The molecule has 1 aliphatic heterocycles. The zero-order valence-electron chi connectivity index (χ0n) is 26.0. The number of hydrogen-bond acceptors (Lipinski definition) is 11. The second-order valence-corrected chi connectivity index (χ2v) is 13.3. The van der Waals surface area contributed by atoms with Crippen molar-refractivity contribution < 1.29 is 26.4 Å². The highest BCUT2D eigenvalue weighted by atomic mass is 32.3. The number of Topliss-reactive ketones (excluding diaryl/α,β-unsaturated/α-hetero) is 1. The average Bonchev–Trinajstić information content (AvgIpc) is 3.55. The molecule has 0 unspecified atom stereocenters. The molecule has 0 amide bonds. The van der Waals surface area contributed by atoms with Crippen LogP contribution in [0.15, 0.2) is 70.2 Å². The van der Waals surface area contributed by atoms with Crippen molar-refractivity contribution in [1.29, 1.82) is 0 Å². The first-order chi connectivity index (χ1) is 21.8. The third-order valence-corrected chi connectivity index (χ3v) is 8.64. The highest BCUT2D eigenvalue weighted by molar-refractivity contribution is 7.80. The van der Waals surface area contributed by atoms with E-state index < -0.39 is 10.4 Å². The summed E-state index contributed by atoms with van der Waals surface area (Å²) >= 11 is 1.34. The van der Waals surface area contributed by atoms with Crippen molar-refractivity contribution in [3.05, 3.63) is 98.8 Å². The number of nitrogens with zero attached hydrogens (tertiary/aromatic N) is 8. The van der Waals surface area contributed by atoms with Gasteiger partial charge in [0.25, 0.3) is 0 Å². The van der Waals surface area contributed by atoms with Gasteiger partial charge in [-0.25, -0.2) is 8.42 Å². The van der Waals surface area contributed by atoms with Crippen LogP contribution in [0, 0.1) is 13.1 Å². The number of rotatable bonds is 6. The molecule has 0 radical (unpaired) electrons. The number of quaternary nitrogens is 1. The normalized spacial score (nSPS) is 16.4. The predicted octanol–water partition coefficient (Wildman–Crippen LogP) is 5.40. The van der Waals surface area contributed by atoms with E-state index >= 15 is 0 Å². The average molecular weight is 661 g/mol.